The molecule has 15 heavy (non-hydrogen) atoms. The van der Waals surface area contributed by atoms with Gasteiger partial charge in [-0.2, -0.15) is 0 Å². The van der Waals surface area contributed by atoms with Gasteiger partial charge in [-0.15, -0.1) is 0 Å². The highest BCUT2D eigenvalue weighted by Crippen LogP contribution is 2.19. The number of hydrogen-bond donors (Lipinski definition) is 0. The SMILES string of the molecule is O=C=c1nc2ccccc2c2c1=NC=N2. The van der Waals surface area contributed by atoms with Crippen LogP contribution >= 0.6 is 0 Å². The lowest BCUT2D eigenvalue weighted by molar-refractivity contribution is 0.566. The summed E-state index contributed by atoms with van der Waals surface area (Å²) in [5, 5.41) is 1.65. The number of nitrogens with zero attached hydrogens (tertiary/aromatic N) is 3. The van der Waals surface area contributed by atoms with Gasteiger partial charge < -0.3 is 0 Å². The molecule has 1 aliphatic rings. The zero-order valence-corrected chi connectivity index (χ0v) is 7.64. The third-order valence-electron chi connectivity index (χ3n) is 2.31. The Morgan fingerprint density at radius 3 is 2.93 bits per heavy atom. The molecule has 0 aliphatic carbocycles. The van der Waals surface area contributed by atoms with E-state index in [2.05, 4.69) is 15.0 Å². The highest BCUT2D eigenvalue weighted by Gasteiger charge is 2.08. The smallest absolute Gasteiger partial charge is 0.175 e. The third-order valence-corrected chi connectivity index (χ3v) is 2.31. The van der Waals surface area contributed by atoms with E-state index in [-0.39, 0.29) is 5.35 Å². The van der Waals surface area contributed by atoms with Crippen LogP contribution in [0.15, 0.2) is 34.3 Å². The molecule has 0 radical (unpaired) electrons. The van der Waals surface area contributed by atoms with Gasteiger partial charge in [0.05, 0.1) is 5.52 Å². The highest BCUT2D eigenvalue weighted by molar-refractivity contribution is 5.92. The van der Waals surface area contributed by atoms with Crippen LogP contribution in [0.3, 0.4) is 0 Å². The van der Waals surface area contributed by atoms with Crippen LogP contribution in [0.2, 0.25) is 0 Å². The van der Waals surface area contributed by atoms with Crippen LogP contribution in [0.4, 0.5) is 5.69 Å². The van der Waals surface area contributed by atoms with E-state index in [1.807, 2.05) is 24.3 Å². The predicted octanol–water partition coefficient (Wildman–Crippen LogP) is 0.0310. The summed E-state index contributed by atoms with van der Waals surface area (Å²) >= 11 is 0. The summed E-state index contributed by atoms with van der Waals surface area (Å²) in [6.07, 6.45) is 1.43. The maximum absolute atomic E-state index is 10.7. The van der Waals surface area contributed by atoms with Gasteiger partial charge >= 0.3 is 0 Å². The van der Waals surface area contributed by atoms with Crippen LogP contribution in [0.5, 0.6) is 0 Å². The van der Waals surface area contributed by atoms with Gasteiger partial charge in [-0.3, -0.25) is 0 Å². The summed E-state index contributed by atoms with van der Waals surface area (Å²) in [4.78, 5) is 23.0. The Morgan fingerprint density at radius 2 is 2.07 bits per heavy atom. The molecule has 4 nitrogen and oxygen atoms in total. The molecule has 1 aromatic heterocycles. The van der Waals surface area contributed by atoms with Crippen molar-refractivity contribution in [2.75, 3.05) is 0 Å². The van der Waals surface area contributed by atoms with Crippen molar-refractivity contribution in [1.82, 2.24) is 4.98 Å². The Morgan fingerprint density at radius 1 is 1.20 bits per heavy atom. The molecule has 0 atom stereocenters. The lowest BCUT2D eigenvalue weighted by atomic mass is 10.2. The molecule has 0 saturated heterocycles. The minimum atomic E-state index is 0.223. The van der Waals surface area contributed by atoms with Crippen LogP contribution < -0.4 is 10.7 Å². The zero-order chi connectivity index (χ0) is 10.3. The molecule has 0 spiro atoms. The first-order valence-electron chi connectivity index (χ1n) is 4.44. The zero-order valence-electron chi connectivity index (χ0n) is 7.64. The van der Waals surface area contributed by atoms with E-state index in [9.17, 15) is 4.79 Å². The van der Waals surface area contributed by atoms with E-state index >= 15 is 0 Å². The summed E-state index contributed by atoms with van der Waals surface area (Å²) in [6, 6.07) is 7.52. The second-order valence-corrected chi connectivity index (χ2v) is 3.15. The van der Waals surface area contributed by atoms with Crippen LogP contribution in [0.1, 0.15) is 0 Å². The van der Waals surface area contributed by atoms with Gasteiger partial charge in [-0.25, -0.2) is 19.8 Å². The molecule has 2 aromatic rings. The summed E-state index contributed by atoms with van der Waals surface area (Å²) in [5.41, 5.74) is 1.45. The topological polar surface area (TPSA) is 54.7 Å². The van der Waals surface area contributed by atoms with Gasteiger partial charge in [0.1, 0.15) is 17.4 Å². The first-order valence-corrected chi connectivity index (χ1v) is 4.44. The average Bonchev–Trinajstić information content (AvgIpc) is 2.77. The lowest BCUT2D eigenvalue weighted by Gasteiger charge is -1.97. The van der Waals surface area contributed by atoms with E-state index in [0.29, 0.717) is 11.0 Å². The minimum absolute atomic E-state index is 0.223. The molecular weight excluding hydrogens is 190 g/mol. The summed E-state index contributed by atoms with van der Waals surface area (Å²) < 4.78 is 0. The number of aliphatic imine (C=N–C) groups is 1. The minimum Gasteiger partial charge on any atom is -0.234 e. The third kappa shape index (κ3) is 1.02. The van der Waals surface area contributed by atoms with E-state index in [0.717, 1.165) is 10.9 Å². The Balaban J connectivity index is 2.71. The quantitative estimate of drug-likeness (QED) is 0.595. The Kier molecular flexibility index (Phi) is 1.52. The van der Waals surface area contributed by atoms with Crippen molar-refractivity contribution in [2.45, 2.75) is 0 Å². The number of carbonyl (C=O) groups excluding carboxylic acids is 1. The molecule has 2 heterocycles. The molecule has 4 heteroatoms. The lowest BCUT2D eigenvalue weighted by Crippen LogP contribution is -2.29. The predicted molar refractivity (Wildman–Crippen MR) is 55.5 cm³/mol. The molecule has 0 bridgehead atoms. The van der Waals surface area contributed by atoms with Crippen molar-refractivity contribution >= 4 is 28.9 Å². The van der Waals surface area contributed by atoms with Gasteiger partial charge in [-0.05, 0) is 6.07 Å². The fourth-order valence-corrected chi connectivity index (χ4v) is 1.65. The van der Waals surface area contributed by atoms with E-state index in [1.165, 1.54) is 6.34 Å². The average molecular weight is 195 g/mol. The van der Waals surface area contributed by atoms with E-state index < -0.39 is 0 Å². The van der Waals surface area contributed by atoms with Crippen molar-refractivity contribution in [3.05, 3.63) is 35.0 Å². The molecule has 0 N–H and O–H groups in total. The summed E-state index contributed by atoms with van der Waals surface area (Å²) in [7, 11) is 0. The maximum Gasteiger partial charge on any atom is 0.175 e. The van der Waals surface area contributed by atoms with Gasteiger partial charge in [0, 0.05) is 5.39 Å². The van der Waals surface area contributed by atoms with Crippen molar-refractivity contribution in [1.29, 1.82) is 0 Å². The fraction of sp³-hybridized carbons (Fsp3) is 0. The second kappa shape index (κ2) is 2.83. The Labute approximate surface area is 84.3 Å². The highest BCUT2D eigenvalue weighted by atomic mass is 16.1. The largest absolute Gasteiger partial charge is 0.234 e. The number of hydrogen-bond acceptors (Lipinski definition) is 4. The van der Waals surface area contributed by atoms with Gasteiger partial charge in [0.2, 0.25) is 0 Å². The number of benzene rings is 1. The number of pyridine rings is 1. The monoisotopic (exact) mass is 195 g/mol. The van der Waals surface area contributed by atoms with Gasteiger partial charge in [0.25, 0.3) is 0 Å². The maximum atomic E-state index is 10.7. The molecule has 1 aromatic carbocycles. The molecule has 0 fully saturated rings. The molecule has 0 amide bonds. The molecule has 1 aliphatic heterocycles. The standard InChI is InChI=1S/C11H5N3O/c15-5-9-11-10(12-6-13-11)7-3-1-2-4-8(7)14-9/h1-4,6H. The van der Waals surface area contributed by atoms with Crippen LogP contribution in [0, 0.1) is 0 Å². The van der Waals surface area contributed by atoms with E-state index in [4.69, 9.17) is 0 Å². The van der Waals surface area contributed by atoms with Crippen LogP contribution in [-0.2, 0) is 4.79 Å². The first kappa shape index (κ1) is 8.03. The van der Waals surface area contributed by atoms with Crippen LogP contribution in [0.25, 0.3) is 10.9 Å². The van der Waals surface area contributed by atoms with Crippen LogP contribution in [-0.4, -0.2) is 17.3 Å². The van der Waals surface area contributed by atoms with Crippen molar-refractivity contribution < 1.29 is 4.79 Å². The number of fused-ring (bicyclic) bond motifs is 3. The molecule has 0 unspecified atom stereocenters. The van der Waals surface area contributed by atoms with Crippen molar-refractivity contribution in [3.8, 4) is 0 Å². The van der Waals surface area contributed by atoms with Gasteiger partial charge in [0.15, 0.2) is 11.3 Å². The molecule has 0 saturated carbocycles. The summed E-state index contributed by atoms with van der Waals surface area (Å²) in [6.45, 7) is 0. The molecule has 70 valence electrons. The van der Waals surface area contributed by atoms with E-state index in [1.54, 1.807) is 5.94 Å². The summed E-state index contributed by atoms with van der Waals surface area (Å²) in [5.74, 6) is 1.78. The van der Waals surface area contributed by atoms with Crippen molar-refractivity contribution in [3.63, 3.8) is 0 Å². The second-order valence-electron chi connectivity index (χ2n) is 3.15. The number of aromatic nitrogens is 1. The van der Waals surface area contributed by atoms with Gasteiger partial charge in [-0.1, -0.05) is 18.2 Å². The number of para-hydroxylation sites is 1. The number of rotatable bonds is 0. The Hall–Kier alpha value is -2.32. The first-order chi connectivity index (χ1) is 7.40. The normalized spacial score (nSPS) is 12.3. The molecular formula is C11H5N3O. The Bertz CT molecular complexity index is 727. The molecule has 3 rings (SSSR count). The fourth-order valence-electron chi connectivity index (χ4n) is 1.65. The van der Waals surface area contributed by atoms with Crippen molar-refractivity contribution in [2.24, 2.45) is 9.98 Å².